The van der Waals surface area contributed by atoms with Gasteiger partial charge in [0.05, 0.1) is 40.3 Å². The highest BCUT2D eigenvalue weighted by Crippen LogP contribution is 2.18. The van der Waals surface area contributed by atoms with E-state index in [1.54, 1.807) is 0 Å². The van der Waals surface area contributed by atoms with Crippen molar-refractivity contribution >= 4 is 17.9 Å². The molecule has 2 unspecified atom stereocenters. The Morgan fingerprint density at radius 3 is 1.13 bits per heavy atom. The van der Waals surface area contributed by atoms with Gasteiger partial charge in [0.2, 0.25) is 0 Å². The van der Waals surface area contributed by atoms with Gasteiger partial charge in [0, 0.05) is 12.8 Å². The molecule has 0 fully saturated rings. The first-order chi connectivity index (χ1) is 36.6. The van der Waals surface area contributed by atoms with Crippen LogP contribution in [0.25, 0.3) is 0 Å². The predicted molar refractivity (Wildman–Crippen MR) is 315 cm³/mol. The molecule has 0 aromatic carbocycles. The number of hydrogen-bond donors (Lipinski definition) is 0. The first kappa shape index (κ1) is 72.2. The molecule has 0 aliphatic heterocycles. The van der Waals surface area contributed by atoms with Gasteiger partial charge in [-0.25, -0.2) is 0 Å². The molecule has 0 bridgehead atoms. The van der Waals surface area contributed by atoms with Crippen LogP contribution in [0.2, 0.25) is 0 Å². The van der Waals surface area contributed by atoms with Crippen molar-refractivity contribution in [2.45, 2.75) is 309 Å². The van der Waals surface area contributed by atoms with Crippen LogP contribution < -0.4 is 5.11 Å². The minimum atomic E-state index is -1.62. The largest absolute Gasteiger partial charge is 0.545 e. The maximum absolute atomic E-state index is 12.8. The number of hydrogen-bond acceptors (Lipinski definition) is 8. The van der Waals surface area contributed by atoms with Crippen LogP contribution in [0.4, 0.5) is 0 Å². The molecule has 0 aromatic heterocycles. The lowest BCUT2D eigenvalue weighted by atomic mass is 10.0. The summed E-state index contributed by atoms with van der Waals surface area (Å²) in [7, 11) is 5.92. The number of likely N-dealkylation sites (N-methyl/N-ethyl adjacent to an activating group) is 1. The van der Waals surface area contributed by atoms with E-state index in [1.165, 1.54) is 205 Å². The summed E-state index contributed by atoms with van der Waals surface area (Å²) >= 11 is 0. The van der Waals surface area contributed by atoms with E-state index in [4.69, 9.17) is 18.9 Å². The van der Waals surface area contributed by atoms with Crippen molar-refractivity contribution in [2.24, 2.45) is 0 Å². The topological polar surface area (TPSA) is 111 Å². The second-order valence-electron chi connectivity index (χ2n) is 22.7. The van der Waals surface area contributed by atoms with Gasteiger partial charge in [0.25, 0.3) is 0 Å². The summed E-state index contributed by atoms with van der Waals surface area (Å²) in [4.78, 5) is 37.1. The Hall–Kier alpha value is -2.75. The summed E-state index contributed by atoms with van der Waals surface area (Å²) in [6, 6.07) is 0. The maximum atomic E-state index is 12.8. The Balaban J connectivity index is 3.82. The molecule has 0 heterocycles. The fourth-order valence-corrected chi connectivity index (χ4v) is 9.24. The second kappa shape index (κ2) is 57.4. The first-order valence-electron chi connectivity index (χ1n) is 31.8. The minimum Gasteiger partial charge on any atom is -0.545 e. The van der Waals surface area contributed by atoms with Crippen molar-refractivity contribution in [3.63, 3.8) is 0 Å². The summed E-state index contributed by atoms with van der Waals surface area (Å²) in [5, 5.41) is 11.7. The molecule has 0 rings (SSSR count). The van der Waals surface area contributed by atoms with Gasteiger partial charge in [0.1, 0.15) is 13.2 Å². The van der Waals surface area contributed by atoms with E-state index < -0.39 is 24.3 Å². The molecule has 0 spiro atoms. The number of unbranched alkanes of at least 4 members (excludes halogenated alkanes) is 36. The van der Waals surface area contributed by atoms with Crippen LogP contribution >= 0.6 is 0 Å². The lowest BCUT2D eigenvalue weighted by Crippen LogP contribution is -2.44. The molecule has 9 heteroatoms. The van der Waals surface area contributed by atoms with Gasteiger partial charge in [-0.2, -0.15) is 0 Å². The van der Waals surface area contributed by atoms with Crippen LogP contribution in [0.3, 0.4) is 0 Å². The number of esters is 2. The number of quaternary nitrogens is 1. The van der Waals surface area contributed by atoms with Gasteiger partial charge in [-0.05, 0) is 51.4 Å². The second-order valence-corrected chi connectivity index (χ2v) is 22.7. The SMILES string of the molecule is CC/C=C\C/C=C\C/C=C\C/C=C\CCCCCCCCCCCCCCCCCCCCCCCCCCCCCCC(=O)OC(COC(=O)CCCCCCCCCCC)COC(OCC[N+](C)(C)C)C(=O)[O-]. The molecule has 0 saturated carbocycles. The smallest absolute Gasteiger partial charge is 0.306 e. The van der Waals surface area contributed by atoms with Gasteiger partial charge >= 0.3 is 11.9 Å². The summed E-state index contributed by atoms with van der Waals surface area (Å²) in [5.74, 6) is -2.27. The van der Waals surface area contributed by atoms with Gasteiger partial charge in [-0.1, -0.05) is 281 Å². The number of carbonyl (C=O) groups excluding carboxylic acids is 3. The van der Waals surface area contributed by atoms with E-state index in [0.717, 1.165) is 64.2 Å². The minimum absolute atomic E-state index is 0.151. The zero-order chi connectivity index (χ0) is 54.8. The van der Waals surface area contributed by atoms with Crippen molar-refractivity contribution in [2.75, 3.05) is 47.5 Å². The highest BCUT2D eigenvalue weighted by Gasteiger charge is 2.22. The number of aliphatic carboxylic acids is 1. The number of allylic oxidation sites excluding steroid dienone is 8. The van der Waals surface area contributed by atoms with Crippen LogP contribution in [-0.2, 0) is 33.3 Å². The van der Waals surface area contributed by atoms with Crippen LogP contribution in [0, 0.1) is 0 Å². The molecule has 9 nitrogen and oxygen atoms in total. The maximum Gasteiger partial charge on any atom is 0.306 e. The van der Waals surface area contributed by atoms with Crippen molar-refractivity contribution in [3.8, 4) is 0 Å². The van der Waals surface area contributed by atoms with Crippen LogP contribution in [-0.4, -0.2) is 82.3 Å². The van der Waals surface area contributed by atoms with E-state index in [1.807, 2.05) is 21.1 Å². The fraction of sp³-hybridized carbons (Fsp3) is 0.833. The molecule has 0 aliphatic carbocycles. The molecular formula is C66H121NO8. The Labute approximate surface area is 463 Å². The lowest BCUT2D eigenvalue weighted by molar-refractivity contribution is -0.870. The van der Waals surface area contributed by atoms with Gasteiger partial charge < -0.3 is 33.3 Å². The first-order valence-corrected chi connectivity index (χ1v) is 31.8. The molecule has 438 valence electrons. The molecule has 0 radical (unpaired) electrons. The molecule has 0 aliphatic rings. The van der Waals surface area contributed by atoms with E-state index in [-0.39, 0.29) is 32.2 Å². The number of nitrogens with zero attached hydrogens (tertiary/aromatic N) is 1. The molecular weight excluding hydrogens is 935 g/mol. The van der Waals surface area contributed by atoms with E-state index in [0.29, 0.717) is 17.4 Å². The van der Waals surface area contributed by atoms with Crippen molar-refractivity contribution in [1.82, 2.24) is 0 Å². The van der Waals surface area contributed by atoms with Crippen LogP contribution in [0.1, 0.15) is 296 Å². The quantitative estimate of drug-likeness (QED) is 0.0195. The zero-order valence-corrected chi connectivity index (χ0v) is 49.9. The third kappa shape index (κ3) is 58.8. The van der Waals surface area contributed by atoms with Gasteiger partial charge in [-0.15, -0.1) is 0 Å². The summed E-state index contributed by atoms with van der Waals surface area (Å²) in [5.41, 5.74) is 0. The Kier molecular flexibility index (Phi) is 55.3. The summed E-state index contributed by atoms with van der Waals surface area (Å²) in [6.07, 6.45) is 69.4. The summed E-state index contributed by atoms with van der Waals surface area (Å²) in [6.45, 7) is 4.64. The van der Waals surface area contributed by atoms with Crippen molar-refractivity contribution in [1.29, 1.82) is 0 Å². The Bertz CT molecular complexity index is 1370. The average Bonchev–Trinajstić information content (AvgIpc) is 3.38. The fourth-order valence-electron chi connectivity index (χ4n) is 9.24. The highest BCUT2D eigenvalue weighted by molar-refractivity contribution is 5.70. The summed E-state index contributed by atoms with van der Waals surface area (Å²) < 4.78 is 22.6. The average molecular weight is 1060 g/mol. The third-order valence-electron chi connectivity index (χ3n) is 14.1. The van der Waals surface area contributed by atoms with Crippen LogP contribution in [0.5, 0.6) is 0 Å². The predicted octanol–water partition coefficient (Wildman–Crippen LogP) is 17.7. The number of rotatable bonds is 59. The van der Waals surface area contributed by atoms with Crippen molar-refractivity contribution in [3.05, 3.63) is 48.6 Å². The number of carboxylic acid groups (broad SMARTS) is 1. The van der Waals surface area contributed by atoms with E-state index in [2.05, 4.69) is 62.5 Å². The Morgan fingerprint density at radius 2 is 0.760 bits per heavy atom. The Morgan fingerprint density at radius 1 is 0.413 bits per heavy atom. The highest BCUT2D eigenvalue weighted by atomic mass is 16.7. The lowest BCUT2D eigenvalue weighted by Gasteiger charge is -2.26. The van der Waals surface area contributed by atoms with Gasteiger partial charge in [-0.3, -0.25) is 9.59 Å². The number of carbonyl (C=O) groups is 3. The molecule has 75 heavy (non-hydrogen) atoms. The number of carboxylic acids is 1. The number of ether oxygens (including phenoxy) is 4. The zero-order valence-electron chi connectivity index (χ0n) is 49.9. The van der Waals surface area contributed by atoms with E-state index >= 15 is 0 Å². The monoisotopic (exact) mass is 1060 g/mol. The molecule has 0 N–H and O–H groups in total. The standard InChI is InChI=1S/C66H121NO8/c1-6-8-10-12-14-16-17-18-19-20-21-22-23-24-25-26-27-28-29-30-31-32-33-34-35-36-37-38-39-40-41-42-43-44-45-46-47-49-51-53-55-57-64(69)75-62(61-74-66(65(70)71)72-59-58-67(3,4)5)60-73-63(68)56-54-52-50-48-15-13-11-9-7-2/h8,10,14,16,18-19,21-22,62,66H,6-7,9,11-13,15,17,20,23-61H2,1-5H3/b10-8-,16-14-,19-18-,22-21-. The molecule has 0 amide bonds. The van der Waals surface area contributed by atoms with Gasteiger partial charge in [0.15, 0.2) is 12.4 Å². The third-order valence-corrected chi connectivity index (χ3v) is 14.1. The molecule has 2 atom stereocenters. The molecule has 0 aromatic rings. The normalized spacial score (nSPS) is 13.0. The van der Waals surface area contributed by atoms with Crippen LogP contribution in [0.15, 0.2) is 48.6 Å². The van der Waals surface area contributed by atoms with Crippen molar-refractivity contribution < 1.29 is 42.9 Å². The van der Waals surface area contributed by atoms with E-state index in [9.17, 15) is 19.5 Å². The molecule has 0 saturated heterocycles.